The number of aromatic nitrogens is 1. The van der Waals surface area contributed by atoms with Crippen LogP contribution in [0.1, 0.15) is 41.6 Å². The van der Waals surface area contributed by atoms with Gasteiger partial charge in [-0.25, -0.2) is 4.98 Å². The number of anilines is 1. The van der Waals surface area contributed by atoms with E-state index >= 15 is 0 Å². The molecule has 1 aromatic heterocycles. The Hall–Kier alpha value is -3.30. The number of rotatable bonds is 5. The molecule has 0 aliphatic carbocycles. The zero-order chi connectivity index (χ0) is 19.4. The van der Waals surface area contributed by atoms with Crippen LogP contribution in [0.5, 0.6) is 11.5 Å². The summed E-state index contributed by atoms with van der Waals surface area (Å²) in [4.78, 5) is 16.4. The number of halogens is 1. The highest BCUT2D eigenvalue weighted by atomic mass is 35.5. The molecule has 1 N–H and O–H groups in total. The van der Waals surface area contributed by atoms with Crippen molar-refractivity contribution in [3.63, 3.8) is 0 Å². The van der Waals surface area contributed by atoms with Gasteiger partial charge < -0.3 is 14.5 Å². The van der Waals surface area contributed by atoms with Crippen molar-refractivity contribution in [1.29, 1.82) is 5.26 Å². The van der Waals surface area contributed by atoms with E-state index in [1.54, 1.807) is 42.5 Å². The Bertz CT molecular complexity index is 1000. The number of nitrogens with one attached hydrogen (secondary N) is 1. The van der Waals surface area contributed by atoms with Gasteiger partial charge in [0, 0.05) is 11.6 Å². The number of hydrogen-bond donors (Lipinski definition) is 1. The molecule has 0 aliphatic heterocycles. The van der Waals surface area contributed by atoms with Gasteiger partial charge in [-0.3, -0.25) is 4.79 Å². The molecule has 0 saturated heterocycles. The molecule has 6 nitrogen and oxygen atoms in total. The lowest BCUT2D eigenvalue weighted by molar-refractivity contribution is 0.102. The summed E-state index contributed by atoms with van der Waals surface area (Å²) in [6, 6.07) is 13.6. The van der Waals surface area contributed by atoms with Crippen molar-refractivity contribution in [2.75, 3.05) is 5.32 Å². The van der Waals surface area contributed by atoms with E-state index in [1.165, 1.54) is 6.39 Å². The Kier molecular flexibility index (Phi) is 5.43. The molecule has 1 heterocycles. The first-order chi connectivity index (χ1) is 13.0. The smallest absolute Gasteiger partial charge is 0.277 e. The van der Waals surface area contributed by atoms with E-state index in [-0.39, 0.29) is 17.5 Å². The van der Waals surface area contributed by atoms with E-state index in [2.05, 4.69) is 10.3 Å². The second-order valence-electron chi connectivity index (χ2n) is 6.06. The zero-order valence-corrected chi connectivity index (χ0v) is 15.4. The van der Waals surface area contributed by atoms with Crippen LogP contribution in [-0.4, -0.2) is 10.9 Å². The van der Waals surface area contributed by atoms with Gasteiger partial charge in [-0.2, -0.15) is 5.26 Å². The van der Waals surface area contributed by atoms with Crippen molar-refractivity contribution in [1.82, 2.24) is 4.98 Å². The summed E-state index contributed by atoms with van der Waals surface area (Å²) in [5.41, 5.74) is 1.30. The van der Waals surface area contributed by atoms with Crippen molar-refractivity contribution in [3.8, 4) is 17.6 Å². The van der Waals surface area contributed by atoms with Gasteiger partial charge in [-0.05, 0) is 42.5 Å². The van der Waals surface area contributed by atoms with Gasteiger partial charge in [0.15, 0.2) is 12.1 Å². The third-order valence-electron chi connectivity index (χ3n) is 3.74. The summed E-state index contributed by atoms with van der Waals surface area (Å²) in [6.07, 6.45) is 1.26. The third kappa shape index (κ3) is 4.27. The van der Waals surface area contributed by atoms with Crippen LogP contribution in [0.2, 0.25) is 5.02 Å². The average molecular weight is 382 g/mol. The van der Waals surface area contributed by atoms with Crippen LogP contribution in [0.3, 0.4) is 0 Å². The van der Waals surface area contributed by atoms with Gasteiger partial charge in [-0.1, -0.05) is 25.4 Å². The number of hydrogen-bond acceptors (Lipinski definition) is 5. The van der Waals surface area contributed by atoms with Crippen LogP contribution in [0.25, 0.3) is 0 Å². The Labute approximate surface area is 161 Å². The average Bonchev–Trinajstić information content (AvgIpc) is 3.15. The Morgan fingerprint density at radius 1 is 1.26 bits per heavy atom. The molecule has 0 spiro atoms. The summed E-state index contributed by atoms with van der Waals surface area (Å²) in [5.74, 6) is 1.18. The monoisotopic (exact) mass is 381 g/mol. The second kappa shape index (κ2) is 7.94. The molecule has 2 aromatic carbocycles. The topological polar surface area (TPSA) is 88.2 Å². The highest BCUT2D eigenvalue weighted by Crippen LogP contribution is 2.32. The van der Waals surface area contributed by atoms with Crippen molar-refractivity contribution >= 4 is 23.2 Å². The van der Waals surface area contributed by atoms with Crippen molar-refractivity contribution in [2.24, 2.45) is 0 Å². The molecule has 0 saturated carbocycles. The standard InChI is InChI=1S/C20H16ClN3O3/c1-12(2)19-18(23-11-26-19)20(25)24-14-5-8-17(16(21)9-14)27-15-6-3-13(10-22)4-7-15/h3-9,11-12H,1-2H3,(H,24,25). The van der Waals surface area contributed by atoms with Gasteiger partial charge in [0.2, 0.25) is 0 Å². The minimum absolute atomic E-state index is 0.0417. The lowest BCUT2D eigenvalue weighted by Gasteiger charge is -2.10. The van der Waals surface area contributed by atoms with E-state index in [4.69, 9.17) is 26.0 Å². The molecule has 0 atom stereocenters. The normalized spacial score (nSPS) is 10.5. The van der Waals surface area contributed by atoms with Gasteiger partial charge in [0.1, 0.15) is 17.3 Å². The first kappa shape index (κ1) is 18.5. The SMILES string of the molecule is CC(C)c1ocnc1C(=O)Nc1ccc(Oc2ccc(C#N)cc2)c(Cl)c1. The van der Waals surface area contributed by atoms with Crippen LogP contribution >= 0.6 is 11.6 Å². The first-order valence-corrected chi connectivity index (χ1v) is 8.58. The maximum Gasteiger partial charge on any atom is 0.277 e. The molecule has 0 bridgehead atoms. The van der Waals surface area contributed by atoms with Crippen molar-refractivity contribution in [2.45, 2.75) is 19.8 Å². The number of nitrogens with zero attached hydrogens (tertiary/aromatic N) is 2. The van der Waals surface area contributed by atoms with Gasteiger partial charge in [-0.15, -0.1) is 0 Å². The highest BCUT2D eigenvalue weighted by molar-refractivity contribution is 6.32. The molecular formula is C20H16ClN3O3. The van der Waals surface area contributed by atoms with Gasteiger partial charge >= 0.3 is 0 Å². The molecular weight excluding hydrogens is 366 g/mol. The number of nitriles is 1. The molecule has 7 heteroatoms. The maximum atomic E-state index is 12.4. The van der Waals surface area contributed by atoms with Crippen LogP contribution in [0.15, 0.2) is 53.3 Å². The molecule has 0 radical (unpaired) electrons. The van der Waals surface area contributed by atoms with E-state index in [9.17, 15) is 4.79 Å². The quantitative estimate of drug-likeness (QED) is 0.642. The van der Waals surface area contributed by atoms with Crippen molar-refractivity contribution < 1.29 is 13.9 Å². The number of ether oxygens (including phenoxy) is 1. The largest absolute Gasteiger partial charge is 0.456 e. The summed E-state index contributed by atoms with van der Waals surface area (Å²) < 4.78 is 11.0. The third-order valence-corrected chi connectivity index (χ3v) is 4.03. The predicted octanol–water partition coefficient (Wildman–Crippen LogP) is 5.37. The fraction of sp³-hybridized carbons (Fsp3) is 0.150. The fourth-order valence-electron chi connectivity index (χ4n) is 2.41. The van der Waals surface area contributed by atoms with Crippen molar-refractivity contribution in [3.05, 3.63) is 70.9 Å². The van der Waals surface area contributed by atoms with Crippen LogP contribution in [0.4, 0.5) is 5.69 Å². The van der Waals surface area contributed by atoms with E-state index < -0.39 is 0 Å². The molecule has 0 fully saturated rings. The molecule has 1 amide bonds. The molecule has 136 valence electrons. The number of oxazole rings is 1. The zero-order valence-electron chi connectivity index (χ0n) is 14.7. The number of benzene rings is 2. The van der Waals surface area contributed by atoms with E-state index in [0.29, 0.717) is 33.5 Å². The highest BCUT2D eigenvalue weighted by Gasteiger charge is 2.19. The summed E-state index contributed by atoms with van der Waals surface area (Å²) >= 11 is 6.27. The van der Waals surface area contributed by atoms with Gasteiger partial charge in [0.25, 0.3) is 5.91 Å². The molecule has 0 aliphatic rings. The summed E-state index contributed by atoms with van der Waals surface area (Å²) in [7, 11) is 0. The molecule has 27 heavy (non-hydrogen) atoms. The molecule has 3 aromatic rings. The minimum Gasteiger partial charge on any atom is -0.456 e. The van der Waals surface area contributed by atoms with Crippen LogP contribution < -0.4 is 10.1 Å². The Balaban J connectivity index is 1.73. The number of carbonyl (C=O) groups is 1. The number of amides is 1. The van der Waals surface area contributed by atoms with Crippen LogP contribution in [0, 0.1) is 11.3 Å². The maximum absolute atomic E-state index is 12.4. The first-order valence-electron chi connectivity index (χ1n) is 8.20. The lowest BCUT2D eigenvalue weighted by atomic mass is 10.1. The second-order valence-corrected chi connectivity index (χ2v) is 6.46. The van der Waals surface area contributed by atoms with Gasteiger partial charge in [0.05, 0.1) is 16.7 Å². The van der Waals surface area contributed by atoms with E-state index in [0.717, 1.165) is 0 Å². The summed E-state index contributed by atoms with van der Waals surface area (Å²) in [6.45, 7) is 3.84. The van der Waals surface area contributed by atoms with Crippen LogP contribution in [-0.2, 0) is 0 Å². The molecule has 3 rings (SSSR count). The minimum atomic E-state index is -0.371. The Morgan fingerprint density at radius 3 is 2.63 bits per heavy atom. The lowest BCUT2D eigenvalue weighted by Crippen LogP contribution is -2.14. The van der Waals surface area contributed by atoms with E-state index in [1.807, 2.05) is 19.9 Å². The molecule has 0 unspecified atom stereocenters. The fourth-order valence-corrected chi connectivity index (χ4v) is 2.63. The number of carbonyl (C=O) groups excluding carboxylic acids is 1. The Morgan fingerprint density at radius 2 is 2.00 bits per heavy atom. The summed E-state index contributed by atoms with van der Waals surface area (Å²) in [5, 5.41) is 11.9. The predicted molar refractivity (Wildman–Crippen MR) is 101 cm³/mol.